The molecule has 5 nitrogen and oxygen atoms in total. The normalized spacial score (nSPS) is 16.0. The molecule has 2 rings (SSSR count). The smallest absolute Gasteiger partial charge is 0.211 e. The number of aliphatic carboxylic acids is 1. The predicted molar refractivity (Wildman–Crippen MR) is 74.8 cm³/mol. The molecule has 0 radical (unpaired) electrons. The first-order valence-corrected chi connectivity index (χ1v) is 6.78. The molecule has 21 heavy (non-hydrogen) atoms. The maximum atomic E-state index is 12.4. The van der Waals surface area contributed by atoms with Crippen LogP contribution in [0.1, 0.15) is 34.6 Å². The fraction of sp³-hybridized carbons (Fsp3) is 0.267. The van der Waals surface area contributed by atoms with Crippen LogP contribution in [0, 0.1) is 5.92 Å². The van der Waals surface area contributed by atoms with Gasteiger partial charge in [0.2, 0.25) is 11.6 Å². The van der Waals surface area contributed by atoms with Crippen molar-refractivity contribution in [2.75, 3.05) is 0 Å². The fourth-order valence-electron chi connectivity index (χ4n) is 2.13. The van der Waals surface area contributed by atoms with Crippen LogP contribution in [0.5, 0.6) is 0 Å². The van der Waals surface area contributed by atoms with Gasteiger partial charge in [-0.25, -0.2) is 0 Å². The summed E-state index contributed by atoms with van der Waals surface area (Å²) in [5, 5.41) is 13.4. The van der Waals surface area contributed by atoms with Gasteiger partial charge in [-0.15, -0.1) is 0 Å². The van der Waals surface area contributed by atoms with Gasteiger partial charge in [-0.1, -0.05) is 49.7 Å². The highest BCUT2D eigenvalue weighted by molar-refractivity contribution is 6.49. The lowest BCUT2D eigenvalue weighted by Crippen LogP contribution is -2.50. The molecule has 1 N–H and O–H groups in total. The van der Waals surface area contributed by atoms with Crippen molar-refractivity contribution in [3.05, 3.63) is 46.1 Å². The standard InChI is InChI=1S/C15H14ClNO4/c1-7(2)11(15(20)21)17-12-10(16)13(18)8-5-3-4-6-9(8)14(12)19/h3-7,11,17H,1-2H3,(H,20,21)/p-1. The number of carboxylic acids is 1. The second-order valence-electron chi connectivity index (χ2n) is 5.08. The van der Waals surface area contributed by atoms with E-state index in [-0.39, 0.29) is 27.8 Å². The molecule has 1 aliphatic carbocycles. The Morgan fingerprint density at radius 2 is 1.67 bits per heavy atom. The van der Waals surface area contributed by atoms with Crippen LogP contribution in [-0.4, -0.2) is 23.6 Å². The lowest BCUT2D eigenvalue weighted by molar-refractivity contribution is -0.309. The summed E-state index contributed by atoms with van der Waals surface area (Å²) in [6.07, 6.45) is 0. The quantitative estimate of drug-likeness (QED) is 0.892. The average molecular weight is 307 g/mol. The Labute approximate surface area is 126 Å². The van der Waals surface area contributed by atoms with Crippen LogP contribution in [0.4, 0.5) is 0 Å². The molecular formula is C15H13ClNO4-. The number of allylic oxidation sites excluding steroid dienone is 2. The van der Waals surface area contributed by atoms with Crippen molar-refractivity contribution in [2.45, 2.75) is 19.9 Å². The molecule has 1 aliphatic rings. The van der Waals surface area contributed by atoms with Gasteiger partial charge in [0.15, 0.2) is 0 Å². The molecule has 1 aromatic rings. The van der Waals surface area contributed by atoms with E-state index in [1.807, 2.05) is 0 Å². The summed E-state index contributed by atoms with van der Waals surface area (Å²) in [6.45, 7) is 3.32. The SMILES string of the molecule is CC(C)C(NC1=C(Cl)C(=O)c2ccccc2C1=O)C(=O)[O-]. The van der Waals surface area contributed by atoms with Crippen LogP contribution in [0.25, 0.3) is 0 Å². The van der Waals surface area contributed by atoms with E-state index in [4.69, 9.17) is 11.6 Å². The summed E-state index contributed by atoms with van der Waals surface area (Å²) >= 11 is 5.94. The molecule has 0 heterocycles. The molecule has 0 amide bonds. The van der Waals surface area contributed by atoms with Gasteiger partial charge in [-0.05, 0) is 5.92 Å². The van der Waals surface area contributed by atoms with E-state index >= 15 is 0 Å². The number of carbonyl (C=O) groups is 3. The average Bonchev–Trinajstić information content (AvgIpc) is 2.44. The Kier molecular flexibility index (Phi) is 4.14. The first-order valence-electron chi connectivity index (χ1n) is 6.40. The summed E-state index contributed by atoms with van der Waals surface area (Å²) < 4.78 is 0. The third-order valence-electron chi connectivity index (χ3n) is 3.28. The molecular weight excluding hydrogens is 294 g/mol. The van der Waals surface area contributed by atoms with Crippen LogP contribution < -0.4 is 10.4 Å². The largest absolute Gasteiger partial charge is 0.548 e. The van der Waals surface area contributed by atoms with Crippen LogP contribution >= 0.6 is 11.6 Å². The van der Waals surface area contributed by atoms with Gasteiger partial charge >= 0.3 is 0 Å². The molecule has 1 unspecified atom stereocenters. The summed E-state index contributed by atoms with van der Waals surface area (Å²) in [4.78, 5) is 35.7. The first kappa shape index (κ1) is 15.3. The number of ketones is 2. The molecule has 0 saturated carbocycles. The van der Waals surface area contributed by atoms with E-state index in [0.29, 0.717) is 0 Å². The Morgan fingerprint density at radius 1 is 1.14 bits per heavy atom. The second kappa shape index (κ2) is 5.69. The zero-order chi connectivity index (χ0) is 15.7. The number of benzene rings is 1. The summed E-state index contributed by atoms with van der Waals surface area (Å²) in [5.74, 6) is -2.70. The molecule has 0 fully saturated rings. The first-order chi connectivity index (χ1) is 9.84. The van der Waals surface area contributed by atoms with Crippen molar-refractivity contribution in [3.8, 4) is 0 Å². The maximum absolute atomic E-state index is 12.4. The zero-order valence-electron chi connectivity index (χ0n) is 11.5. The highest BCUT2D eigenvalue weighted by Crippen LogP contribution is 2.27. The van der Waals surface area contributed by atoms with Gasteiger partial charge in [-0.3, -0.25) is 9.59 Å². The van der Waals surface area contributed by atoms with E-state index in [9.17, 15) is 19.5 Å². The highest BCUT2D eigenvalue weighted by Gasteiger charge is 2.32. The molecule has 0 aliphatic heterocycles. The lowest BCUT2D eigenvalue weighted by Gasteiger charge is -2.27. The summed E-state index contributed by atoms with van der Waals surface area (Å²) in [7, 11) is 0. The van der Waals surface area contributed by atoms with Gasteiger partial charge in [-0.2, -0.15) is 0 Å². The van der Waals surface area contributed by atoms with E-state index in [0.717, 1.165) is 0 Å². The maximum Gasteiger partial charge on any atom is 0.211 e. The zero-order valence-corrected chi connectivity index (χ0v) is 12.2. The third-order valence-corrected chi connectivity index (χ3v) is 3.64. The van der Waals surface area contributed by atoms with Gasteiger partial charge < -0.3 is 15.2 Å². The van der Waals surface area contributed by atoms with Crippen LogP contribution in [-0.2, 0) is 4.79 Å². The number of Topliss-reactive ketones (excluding diaryl/α,β-unsaturated/α-hetero) is 2. The third kappa shape index (κ3) is 2.69. The van der Waals surface area contributed by atoms with Gasteiger partial charge in [0.1, 0.15) is 10.7 Å². The molecule has 1 atom stereocenters. The van der Waals surface area contributed by atoms with Crippen molar-refractivity contribution in [1.82, 2.24) is 5.32 Å². The number of rotatable bonds is 4. The van der Waals surface area contributed by atoms with Crippen molar-refractivity contribution in [3.63, 3.8) is 0 Å². The van der Waals surface area contributed by atoms with Gasteiger partial charge in [0.05, 0.1) is 12.0 Å². The van der Waals surface area contributed by atoms with Crippen molar-refractivity contribution in [1.29, 1.82) is 0 Å². The Morgan fingerprint density at radius 3 is 2.14 bits per heavy atom. The molecule has 110 valence electrons. The number of nitrogens with one attached hydrogen (secondary N) is 1. The van der Waals surface area contributed by atoms with E-state index in [1.165, 1.54) is 12.1 Å². The van der Waals surface area contributed by atoms with Gasteiger partial charge in [0, 0.05) is 11.1 Å². The Bertz CT molecular complexity index is 663. The molecule has 1 aromatic carbocycles. The topological polar surface area (TPSA) is 86.3 Å². The Hall–Kier alpha value is -2.14. The van der Waals surface area contributed by atoms with Crippen molar-refractivity contribution < 1.29 is 19.5 Å². The van der Waals surface area contributed by atoms with E-state index in [1.54, 1.807) is 26.0 Å². The fourth-order valence-corrected chi connectivity index (χ4v) is 2.37. The molecule has 0 saturated heterocycles. The molecule has 6 heteroatoms. The minimum atomic E-state index is -1.36. The van der Waals surface area contributed by atoms with E-state index in [2.05, 4.69) is 5.32 Å². The van der Waals surface area contributed by atoms with E-state index < -0.39 is 23.6 Å². The Balaban J connectivity index is 2.45. The van der Waals surface area contributed by atoms with Crippen molar-refractivity contribution in [2.24, 2.45) is 5.92 Å². The van der Waals surface area contributed by atoms with Crippen LogP contribution in [0.2, 0.25) is 0 Å². The highest BCUT2D eigenvalue weighted by atomic mass is 35.5. The van der Waals surface area contributed by atoms with Crippen LogP contribution in [0.3, 0.4) is 0 Å². The lowest BCUT2D eigenvalue weighted by atomic mass is 9.91. The number of carbonyl (C=O) groups excluding carboxylic acids is 3. The number of fused-ring (bicyclic) bond motifs is 1. The molecule has 0 spiro atoms. The number of halogens is 1. The minimum Gasteiger partial charge on any atom is -0.548 e. The van der Waals surface area contributed by atoms with Crippen molar-refractivity contribution >= 4 is 29.1 Å². The monoisotopic (exact) mass is 306 g/mol. The second-order valence-corrected chi connectivity index (χ2v) is 5.46. The van der Waals surface area contributed by atoms with Gasteiger partial charge in [0.25, 0.3) is 0 Å². The number of carboxylic acid groups (broad SMARTS) is 1. The summed E-state index contributed by atoms with van der Waals surface area (Å²) in [6, 6.07) is 5.15. The molecule has 0 bridgehead atoms. The predicted octanol–water partition coefficient (Wildman–Crippen LogP) is 0.880. The number of hydrogen-bond donors (Lipinski definition) is 1. The summed E-state index contributed by atoms with van der Waals surface area (Å²) in [5.41, 5.74) is 0.228. The minimum absolute atomic E-state index is 0.191. The van der Waals surface area contributed by atoms with Crippen LogP contribution in [0.15, 0.2) is 35.0 Å². The number of hydrogen-bond acceptors (Lipinski definition) is 5. The molecule has 0 aromatic heterocycles.